The van der Waals surface area contributed by atoms with Crippen LogP contribution in [0.1, 0.15) is 67.2 Å². The molecule has 2 N–H and O–H groups in total. The molecule has 0 fully saturated rings. The summed E-state index contributed by atoms with van der Waals surface area (Å²) in [6.45, 7) is 0.396. The predicted molar refractivity (Wildman–Crippen MR) is 143 cm³/mol. The lowest BCUT2D eigenvalue weighted by Gasteiger charge is -2.43. The van der Waals surface area contributed by atoms with Crippen LogP contribution in [0.25, 0.3) is 16.7 Å². The minimum atomic E-state index is -0.188. The lowest BCUT2D eigenvalue weighted by molar-refractivity contribution is 0.237. The van der Waals surface area contributed by atoms with Crippen molar-refractivity contribution in [2.75, 3.05) is 13.2 Å². The highest BCUT2D eigenvalue weighted by Crippen LogP contribution is 2.63. The second-order valence-electron chi connectivity index (χ2n) is 10.4. The van der Waals surface area contributed by atoms with Crippen molar-refractivity contribution in [3.8, 4) is 11.1 Å². The summed E-state index contributed by atoms with van der Waals surface area (Å²) in [7, 11) is 0. The molecule has 0 saturated heterocycles. The lowest BCUT2D eigenvalue weighted by Crippen LogP contribution is -2.38. The van der Waals surface area contributed by atoms with Crippen molar-refractivity contribution >= 4 is 5.57 Å². The fourth-order valence-corrected chi connectivity index (χ4v) is 7.45. The fraction of sp³-hybridized carbons (Fsp3) is 0.333. The second-order valence-corrected chi connectivity index (χ2v) is 10.4. The van der Waals surface area contributed by atoms with E-state index in [4.69, 9.17) is 0 Å². The molecule has 6 rings (SSSR count). The number of hydrogen-bond acceptors (Lipinski definition) is 2. The number of aliphatic hydroxyl groups excluding tert-OH is 2. The van der Waals surface area contributed by atoms with E-state index in [9.17, 15) is 10.2 Å². The molecule has 0 aliphatic heterocycles. The Bertz CT molecular complexity index is 1270. The Labute approximate surface area is 208 Å². The summed E-state index contributed by atoms with van der Waals surface area (Å²) in [6.07, 6.45) is 11.4. The van der Waals surface area contributed by atoms with Crippen molar-refractivity contribution in [3.63, 3.8) is 0 Å². The molecule has 0 amide bonds. The average Bonchev–Trinajstić information content (AvgIpc) is 3.35. The van der Waals surface area contributed by atoms with Gasteiger partial charge in [0.05, 0.1) is 0 Å². The van der Waals surface area contributed by atoms with Gasteiger partial charge in [0, 0.05) is 24.0 Å². The molecule has 0 spiro atoms. The topological polar surface area (TPSA) is 40.5 Å². The van der Waals surface area contributed by atoms with E-state index in [1.165, 1.54) is 44.5 Å². The summed E-state index contributed by atoms with van der Waals surface area (Å²) < 4.78 is 0. The smallest absolute Gasteiger partial charge is 0.0431 e. The first-order valence-corrected chi connectivity index (χ1v) is 13.2. The molecule has 3 aromatic rings. The molecule has 3 aliphatic rings. The van der Waals surface area contributed by atoms with E-state index in [2.05, 4.69) is 84.9 Å². The Morgan fingerprint density at radius 3 is 1.66 bits per heavy atom. The van der Waals surface area contributed by atoms with Crippen LogP contribution in [0.5, 0.6) is 0 Å². The van der Waals surface area contributed by atoms with Crippen molar-refractivity contribution in [2.45, 2.75) is 55.8 Å². The van der Waals surface area contributed by atoms with E-state index in [1.54, 1.807) is 0 Å². The molecule has 0 heterocycles. The third-order valence-electron chi connectivity index (χ3n) is 8.70. The molecule has 2 heteroatoms. The minimum Gasteiger partial charge on any atom is -0.396 e. The quantitative estimate of drug-likeness (QED) is 0.380. The van der Waals surface area contributed by atoms with Crippen LogP contribution in [-0.4, -0.2) is 23.4 Å². The monoisotopic (exact) mass is 462 g/mol. The summed E-state index contributed by atoms with van der Waals surface area (Å²) in [5.41, 5.74) is 10.7. The van der Waals surface area contributed by atoms with Gasteiger partial charge in [-0.2, -0.15) is 0 Å². The number of allylic oxidation sites excluding steroid dienone is 4. The summed E-state index contributed by atoms with van der Waals surface area (Å²) >= 11 is 0. The molecular weight excluding hydrogens is 428 g/mol. The van der Waals surface area contributed by atoms with Gasteiger partial charge in [-0.05, 0) is 89.5 Å². The maximum atomic E-state index is 10.00. The Balaban J connectivity index is 1.61. The van der Waals surface area contributed by atoms with Gasteiger partial charge < -0.3 is 10.2 Å². The van der Waals surface area contributed by atoms with Gasteiger partial charge in [0.1, 0.15) is 0 Å². The van der Waals surface area contributed by atoms with E-state index in [0.717, 1.165) is 44.9 Å². The Kier molecular flexibility index (Phi) is 5.75. The van der Waals surface area contributed by atoms with Crippen LogP contribution < -0.4 is 0 Å². The lowest BCUT2D eigenvalue weighted by atomic mass is 9.59. The number of hydrogen-bond donors (Lipinski definition) is 2. The van der Waals surface area contributed by atoms with Crippen molar-refractivity contribution in [1.29, 1.82) is 0 Å². The highest BCUT2D eigenvalue weighted by Gasteiger charge is 2.53. The predicted octanol–water partition coefficient (Wildman–Crippen LogP) is 6.94. The van der Waals surface area contributed by atoms with Gasteiger partial charge >= 0.3 is 0 Å². The molecule has 0 bridgehead atoms. The fourth-order valence-electron chi connectivity index (χ4n) is 7.45. The maximum absolute atomic E-state index is 10.00. The summed E-state index contributed by atoms with van der Waals surface area (Å²) in [6, 6.07) is 26.8. The minimum absolute atomic E-state index is 0.161. The van der Waals surface area contributed by atoms with Crippen molar-refractivity contribution in [3.05, 3.63) is 113 Å². The number of benzene rings is 3. The van der Waals surface area contributed by atoms with Gasteiger partial charge in [-0.15, -0.1) is 0 Å². The molecule has 35 heavy (non-hydrogen) atoms. The highest BCUT2D eigenvalue weighted by atomic mass is 16.3. The van der Waals surface area contributed by atoms with Gasteiger partial charge in [-0.25, -0.2) is 0 Å². The SMILES string of the molecule is OCCCC1(CC2(CCCO)c3ccccc3-c3ccccc32)C2=CCCC=C2c2ccccc21. The van der Waals surface area contributed by atoms with Crippen LogP contribution in [0.15, 0.2) is 90.5 Å². The molecule has 1 unspecified atom stereocenters. The van der Waals surface area contributed by atoms with Crippen LogP contribution in [0, 0.1) is 0 Å². The van der Waals surface area contributed by atoms with Crippen LogP contribution in [0.3, 0.4) is 0 Å². The first-order valence-electron chi connectivity index (χ1n) is 13.2. The first kappa shape index (κ1) is 22.5. The van der Waals surface area contributed by atoms with Crippen LogP contribution in [0.2, 0.25) is 0 Å². The van der Waals surface area contributed by atoms with Crippen molar-refractivity contribution in [1.82, 2.24) is 0 Å². The van der Waals surface area contributed by atoms with Crippen molar-refractivity contribution < 1.29 is 10.2 Å². The molecule has 1 atom stereocenters. The number of aliphatic hydroxyl groups is 2. The molecular formula is C33H34O2. The Morgan fingerprint density at radius 2 is 1.06 bits per heavy atom. The van der Waals surface area contributed by atoms with Gasteiger partial charge in [0.2, 0.25) is 0 Å². The van der Waals surface area contributed by atoms with E-state index >= 15 is 0 Å². The summed E-state index contributed by atoms with van der Waals surface area (Å²) in [4.78, 5) is 0. The summed E-state index contributed by atoms with van der Waals surface area (Å²) in [5.74, 6) is 0. The summed E-state index contributed by atoms with van der Waals surface area (Å²) in [5, 5.41) is 20.0. The largest absolute Gasteiger partial charge is 0.396 e. The third kappa shape index (κ3) is 3.31. The molecule has 2 nitrogen and oxygen atoms in total. The van der Waals surface area contributed by atoms with Gasteiger partial charge in [0.25, 0.3) is 0 Å². The van der Waals surface area contributed by atoms with Crippen LogP contribution in [-0.2, 0) is 10.8 Å². The maximum Gasteiger partial charge on any atom is 0.0431 e. The third-order valence-corrected chi connectivity index (χ3v) is 8.70. The second kappa shape index (κ2) is 8.93. The zero-order valence-corrected chi connectivity index (χ0v) is 20.3. The highest BCUT2D eigenvalue weighted by molar-refractivity contribution is 5.91. The van der Waals surface area contributed by atoms with E-state index in [0.29, 0.717) is 0 Å². The molecule has 0 saturated carbocycles. The van der Waals surface area contributed by atoms with Gasteiger partial charge in [-0.1, -0.05) is 84.9 Å². The normalized spacial score (nSPS) is 21.0. The van der Waals surface area contributed by atoms with Crippen LogP contribution >= 0.6 is 0 Å². The first-order chi connectivity index (χ1) is 17.2. The standard InChI is InChI=1S/C33H34O2/c34-21-9-19-32(28-15-5-1-11-24(28)25-12-2-6-16-29(25)32)23-33(20-10-22-35)30-17-7-3-13-26(30)27-14-4-8-18-31(27)33/h1-3,5-7,11-18,34-35H,4,8-10,19-23H2. The van der Waals surface area contributed by atoms with Gasteiger partial charge in [-0.3, -0.25) is 0 Å². The molecule has 0 aromatic heterocycles. The van der Waals surface area contributed by atoms with E-state index in [-0.39, 0.29) is 24.0 Å². The Morgan fingerprint density at radius 1 is 0.571 bits per heavy atom. The zero-order valence-electron chi connectivity index (χ0n) is 20.3. The van der Waals surface area contributed by atoms with Crippen molar-refractivity contribution in [2.24, 2.45) is 0 Å². The van der Waals surface area contributed by atoms with E-state index < -0.39 is 0 Å². The molecule has 178 valence electrons. The number of rotatable bonds is 8. The van der Waals surface area contributed by atoms with Gasteiger partial charge in [0.15, 0.2) is 0 Å². The number of fused-ring (bicyclic) bond motifs is 6. The average molecular weight is 463 g/mol. The molecule has 3 aliphatic carbocycles. The Hall–Kier alpha value is -2.94. The zero-order chi connectivity index (χ0) is 23.9. The van der Waals surface area contributed by atoms with Crippen LogP contribution in [0.4, 0.5) is 0 Å². The molecule has 3 aromatic carbocycles. The molecule has 0 radical (unpaired) electrons. The van der Waals surface area contributed by atoms with E-state index in [1.807, 2.05) is 0 Å².